The van der Waals surface area contributed by atoms with Crippen LogP contribution in [0, 0.1) is 5.92 Å². The summed E-state index contributed by atoms with van der Waals surface area (Å²) in [5.41, 5.74) is 5.61. The van der Waals surface area contributed by atoms with Crippen molar-refractivity contribution >= 4 is 49.2 Å². The van der Waals surface area contributed by atoms with Crippen molar-refractivity contribution in [3.63, 3.8) is 0 Å². The van der Waals surface area contributed by atoms with Crippen molar-refractivity contribution in [3.8, 4) is 0 Å². The Bertz CT molecular complexity index is 556. The number of halogens is 3. The quantitative estimate of drug-likeness (QED) is 0.764. The number of hydrogen-bond donors (Lipinski definition) is 2. The molecule has 1 aromatic rings. The van der Waals surface area contributed by atoms with Crippen molar-refractivity contribution in [1.29, 1.82) is 0 Å². The molecule has 1 aromatic carbocycles. The molecule has 20 heavy (non-hydrogen) atoms. The predicted octanol–water partition coefficient (Wildman–Crippen LogP) is 3.41. The molecule has 3 N–H and O–H groups in total. The Morgan fingerprint density at radius 3 is 2.20 bits per heavy atom. The maximum absolute atomic E-state index is 12.4. The Balaban J connectivity index is 3.11. The highest BCUT2D eigenvalue weighted by atomic mass is 79.9. The fourth-order valence-electron chi connectivity index (χ4n) is 1.83. The van der Waals surface area contributed by atoms with E-state index in [4.69, 9.17) is 28.9 Å². The van der Waals surface area contributed by atoms with Crippen molar-refractivity contribution in [1.82, 2.24) is 4.72 Å². The van der Waals surface area contributed by atoms with Gasteiger partial charge in [0.15, 0.2) is 0 Å². The Morgan fingerprint density at radius 2 is 1.80 bits per heavy atom. The highest BCUT2D eigenvalue weighted by Gasteiger charge is 2.25. The first kappa shape index (κ1) is 18.2. The van der Waals surface area contributed by atoms with E-state index in [1.165, 1.54) is 12.1 Å². The number of benzene rings is 1. The first-order valence-electron chi connectivity index (χ1n) is 6.04. The molecular formula is C12H17BrCl2N2O2S. The van der Waals surface area contributed by atoms with Gasteiger partial charge in [-0.3, -0.25) is 0 Å². The van der Waals surface area contributed by atoms with Crippen LogP contribution in [-0.4, -0.2) is 21.0 Å². The molecule has 0 aliphatic rings. The van der Waals surface area contributed by atoms with Crippen LogP contribution in [0.5, 0.6) is 0 Å². The average Bonchev–Trinajstić information content (AvgIpc) is 2.24. The fourth-order valence-corrected chi connectivity index (χ4v) is 5.02. The molecule has 0 bridgehead atoms. The molecule has 0 aromatic heterocycles. The molecule has 8 heteroatoms. The van der Waals surface area contributed by atoms with Crippen LogP contribution in [-0.2, 0) is 10.0 Å². The minimum Gasteiger partial charge on any atom is -0.329 e. The van der Waals surface area contributed by atoms with E-state index >= 15 is 0 Å². The van der Waals surface area contributed by atoms with Gasteiger partial charge in [-0.1, -0.05) is 53.0 Å². The highest BCUT2D eigenvalue weighted by molar-refractivity contribution is 9.10. The van der Waals surface area contributed by atoms with Crippen LogP contribution < -0.4 is 10.5 Å². The van der Waals surface area contributed by atoms with Crippen molar-refractivity contribution < 1.29 is 8.42 Å². The summed E-state index contributed by atoms with van der Waals surface area (Å²) in [7, 11) is -3.81. The van der Waals surface area contributed by atoms with E-state index in [0.717, 1.165) is 0 Å². The van der Waals surface area contributed by atoms with Gasteiger partial charge in [-0.15, -0.1) is 0 Å². The van der Waals surface area contributed by atoms with Gasteiger partial charge in [-0.2, -0.15) is 0 Å². The zero-order chi connectivity index (χ0) is 15.5. The van der Waals surface area contributed by atoms with Gasteiger partial charge in [0.1, 0.15) is 4.90 Å². The Morgan fingerprint density at radius 1 is 1.30 bits per heavy atom. The maximum atomic E-state index is 12.4. The summed E-state index contributed by atoms with van der Waals surface area (Å²) in [6.45, 7) is 4.20. The lowest BCUT2D eigenvalue weighted by molar-refractivity contribution is 0.465. The van der Waals surface area contributed by atoms with Crippen LogP contribution in [0.4, 0.5) is 0 Å². The van der Waals surface area contributed by atoms with Gasteiger partial charge >= 0.3 is 0 Å². The summed E-state index contributed by atoms with van der Waals surface area (Å²) in [5, 5.41) is 0.134. The minimum atomic E-state index is -3.81. The number of sulfonamides is 1. The number of nitrogens with one attached hydrogen (secondary N) is 1. The molecule has 0 aliphatic heterocycles. The average molecular weight is 404 g/mol. The molecule has 0 spiro atoms. The molecule has 1 atom stereocenters. The van der Waals surface area contributed by atoms with Crippen molar-refractivity contribution in [3.05, 3.63) is 26.7 Å². The lowest BCUT2D eigenvalue weighted by atomic mass is 10.1. The normalized spacial score (nSPS) is 13.8. The molecule has 0 heterocycles. The van der Waals surface area contributed by atoms with Gasteiger partial charge in [0.05, 0.1) is 10.0 Å². The molecule has 0 saturated heterocycles. The summed E-state index contributed by atoms with van der Waals surface area (Å²) >= 11 is 15.2. The van der Waals surface area contributed by atoms with Crippen LogP contribution in [0.15, 0.2) is 21.5 Å². The molecular weight excluding hydrogens is 387 g/mol. The molecule has 0 amide bonds. The van der Waals surface area contributed by atoms with Crippen LogP contribution in [0.3, 0.4) is 0 Å². The van der Waals surface area contributed by atoms with E-state index in [9.17, 15) is 8.42 Å². The largest absolute Gasteiger partial charge is 0.329 e. The van der Waals surface area contributed by atoms with E-state index in [2.05, 4.69) is 20.7 Å². The van der Waals surface area contributed by atoms with Crippen molar-refractivity contribution in [2.75, 3.05) is 6.54 Å². The van der Waals surface area contributed by atoms with E-state index in [-0.39, 0.29) is 27.5 Å². The van der Waals surface area contributed by atoms with Crippen LogP contribution in [0.25, 0.3) is 0 Å². The van der Waals surface area contributed by atoms with Gasteiger partial charge < -0.3 is 5.73 Å². The third-order valence-electron chi connectivity index (χ3n) is 2.59. The Kier molecular flexibility index (Phi) is 6.76. The molecule has 114 valence electrons. The lowest BCUT2D eigenvalue weighted by Gasteiger charge is -2.19. The van der Waals surface area contributed by atoms with Crippen LogP contribution >= 0.6 is 39.1 Å². The first-order valence-corrected chi connectivity index (χ1v) is 9.07. The third-order valence-corrected chi connectivity index (χ3v) is 5.49. The monoisotopic (exact) mass is 402 g/mol. The predicted molar refractivity (Wildman–Crippen MR) is 86.8 cm³/mol. The second kappa shape index (κ2) is 7.42. The smallest absolute Gasteiger partial charge is 0.243 e. The molecule has 0 fully saturated rings. The maximum Gasteiger partial charge on any atom is 0.243 e. The Hall–Kier alpha value is 0.150. The first-order chi connectivity index (χ1) is 9.17. The third kappa shape index (κ3) is 4.86. The van der Waals surface area contributed by atoms with Crippen molar-refractivity contribution in [2.45, 2.75) is 31.2 Å². The van der Waals surface area contributed by atoms with E-state index in [1.54, 1.807) is 0 Å². The standard InChI is InChI=1S/C12H17BrCl2N2O2S/c1-7(2)3-9(6-16)17-20(18,19)12-10(14)4-8(13)5-11(12)15/h4-5,7,9,17H,3,6,16H2,1-2H3. The Labute approximate surface area is 138 Å². The molecule has 4 nitrogen and oxygen atoms in total. The number of rotatable bonds is 6. The summed E-state index contributed by atoms with van der Waals surface area (Å²) in [6, 6.07) is 2.62. The molecule has 1 unspecified atom stereocenters. The molecule has 0 radical (unpaired) electrons. The topological polar surface area (TPSA) is 72.2 Å². The summed E-state index contributed by atoms with van der Waals surface area (Å²) in [4.78, 5) is -0.119. The fraction of sp³-hybridized carbons (Fsp3) is 0.500. The molecule has 0 aliphatic carbocycles. The van der Waals surface area contributed by atoms with Gasteiger partial charge in [-0.05, 0) is 24.5 Å². The zero-order valence-electron chi connectivity index (χ0n) is 11.2. The second-order valence-electron chi connectivity index (χ2n) is 4.88. The van der Waals surface area contributed by atoms with Gasteiger partial charge in [-0.25, -0.2) is 13.1 Å². The van der Waals surface area contributed by atoms with E-state index < -0.39 is 10.0 Å². The lowest BCUT2D eigenvalue weighted by Crippen LogP contribution is -2.41. The second-order valence-corrected chi connectivity index (χ2v) is 8.26. The summed E-state index contributed by atoms with van der Waals surface area (Å²) in [6.07, 6.45) is 0.640. The van der Waals surface area contributed by atoms with Gasteiger partial charge in [0, 0.05) is 17.1 Å². The van der Waals surface area contributed by atoms with Gasteiger partial charge in [0.2, 0.25) is 10.0 Å². The molecule has 1 rings (SSSR count). The van der Waals surface area contributed by atoms with Gasteiger partial charge in [0.25, 0.3) is 0 Å². The highest BCUT2D eigenvalue weighted by Crippen LogP contribution is 2.32. The van der Waals surface area contributed by atoms with E-state index in [1.807, 2.05) is 13.8 Å². The van der Waals surface area contributed by atoms with E-state index in [0.29, 0.717) is 16.8 Å². The summed E-state index contributed by atoms with van der Waals surface area (Å²) in [5.74, 6) is 0.321. The van der Waals surface area contributed by atoms with Crippen LogP contribution in [0.2, 0.25) is 10.0 Å². The number of nitrogens with two attached hydrogens (primary N) is 1. The molecule has 0 saturated carbocycles. The van der Waals surface area contributed by atoms with Crippen LogP contribution in [0.1, 0.15) is 20.3 Å². The van der Waals surface area contributed by atoms with Crippen molar-refractivity contribution in [2.24, 2.45) is 11.7 Å². The SMILES string of the molecule is CC(C)CC(CN)NS(=O)(=O)c1c(Cl)cc(Br)cc1Cl. The zero-order valence-corrected chi connectivity index (χ0v) is 15.1. The number of hydrogen-bond acceptors (Lipinski definition) is 3. The summed E-state index contributed by atoms with van der Waals surface area (Å²) < 4.78 is 27.9. The minimum absolute atomic E-state index is 0.0668.